The third-order valence-corrected chi connectivity index (χ3v) is 9.67. The average Bonchev–Trinajstić information content (AvgIpc) is 2.71. The van der Waals surface area contributed by atoms with Gasteiger partial charge in [-0.15, -0.1) is 6.58 Å². The summed E-state index contributed by atoms with van der Waals surface area (Å²) < 4.78 is 0. The normalized spacial score (nSPS) is 44.9. The van der Waals surface area contributed by atoms with Crippen LogP contribution < -0.4 is 0 Å². The van der Waals surface area contributed by atoms with E-state index in [1.165, 1.54) is 32.1 Å². The standard InChI is InChI=1S/C27H46/c1-3-5-7-21-9-11-25-19-27(15-13-23(25)17-21)26-14-12-22-16-20(6-4-2)8-10-24(22)18-26/h3,20-27H,1,4-19H2,2H3. The molecule has 4 aliphatic rings. The summed E-state index contributed by atoms with van der Waals surface area (Å²) in [7, 11) is 0. The maximum absolute atomic E-state index is 3.93. The third kappa shape index (κ3) is 4.84. The van der Waals surface area contributed by atoms with Gasteiger partial charge in [0.05, 0.1) is 0 Å². The summed E-state index contributed by atoms with van der Waals surface area (Å²) >= 11 is 0. The summed E-state index contributed by atoms with van der Waals surface area (Å²) in [6.45, 7) is 6.31. The zero-order valence-corrected chi connectivity index (χ0v) is 18.2. The Morgan fingerprint density at radius 1 is 0.593 bits per heavy atom. The zero-order valence-electron chi connectivity index (χ0n) is 18.2. The van der Waals surface area contributed by atoms with Gasteiger partial charge in [-0.2, -0.15) is 0 Å². The Bertz CT molecular complexity index is 465. The van der Waals surface area contributed by atoms with E-state index in [9.17, 15) is 0 Å². The van der Waals surface area contributed by atoms with Crippen molar-refractivity contribution in [1.29, 1.82) is 0 Å². The van der Waals surface area contributed by atoms with Crippen LogP contribution in [-0.2, 0) is 0 Å². The smallest absolute Gasteiger partial charge is 0.0351 e. The van der Waals surface area contributed by atoms with Crippen LogP contribution in [0, 0.1) is 47.3 Å². The lowest BCUT2D eigenvalue weighted by Gasteiger charge is -2.48. The Morgan fingerprint density at radius 3 is 1.44 bits per heavy atom. The van der Waals surface area contributed by atoms with E-state index >= 15 is 0 Å². The fourth-order valence-corrected chi connectivity index (χ4v) is 8.19. The molecule has 0 amide bonds. The van der Waals surface area contributed by atoms with Crippen LogP contribution in [-0.4, -0.2) is 0 Å². The fourth-order valence-electron chi connectivity index (χ4n) is 8.19. The number of hydrogen-bond donors (Lipinski definition) is 0. The second kappa shape index (κ2) is 9.49. The van der Waals surface area contributed by atoms with Gasteiger partial charge in [-0.25, -0.2) is 0 Å². The number of fused-ring (bicyclic) bond motifs is 2. The Kier molecular flexibility index (Phi) is 7.04. The van der Waals surface area contributed by atoms with Crippen molar-refractivity contribution in [2.24, 2.45) is 47.3 Å². The van der Waals surface area contributed by atoms with Crippen LogP contribution in [0.2, 0.25) is 0 Å². The summed E-state index contributed by atoms with van der Waals surface area (Å²) in [4.78, 5) is 0. The van der Waals surface area contributed by atoms with Crippen LogP contribution in [0.5, 0.6) is 0 Å². The van der Waals surface area contributed by atoms with Crippen LogP contribution in [0.4, 0.5) is 0 Å². The molecule has 0 bridgehead atoms. The molecule has 8 unspecified atom stereocenters. The van der Waals surface area contributed by atoms with Crippen molar-refractivity contribution < 1.29 is 0 Å². The molecule has 4 aliphatic carbocycles. The minimum atomic E-state index is 1.02. The Morgan fingerprint density at radius 2 is 1.00 bits per heavy atom. The van der Waals surface area contributed by atoms with Crippen molar-refractivity contribution in [3.8, 4) is 0 Å². The minimum absolute atomic E-state index is 1.02. The molecule has 0 radical (unpaired) electrons. The fraction of sp³-hybridized carbons (Fsp3) is 0.926. The lowest BCUT2D eigenvalue weighted by atomic mass is 9.57. The van der Waals surface area contributed by atoms with Crippen LogP contribution in [0.3, 0.4) is 0 Å². The maximum atomic E-state index is 3.93. The number of hydrogen-bond acceptors (Lipinski definition) is 0. The first-order valence-corrected chi connectivity index (χ1v) is 12.9. The molecular weight excluding hydrogens is 324 g/mol. The lowest BCUT2D eigenvalue weighted by molar-refractivity contribution is 0.0277. The molecule has 0 aliphatic heterocycles. The minimum Gasteiger partial charge on any atom is -0.103 e. The summed E-state index contributed by atoms with van der Waals surface area (Å²) in [5.74, 6) is 8.73. The molecule has 8 atom stereocenters. The van der Waals surface area contributed by atoms with Gasteiger partial charge in [0.2, 0.25) is 0 Å². The Balaban J connectivity index is 1.25. The maximum Gasteiger partial charge on any atom is -0.0351 e. The molecule has 0 aromatic carbocycles. The van der Waals surface area contributed by atoms with E-state index < -0.39 is 0 Å². The van der Waals surface area contributed by atoms with E-state index in [0.717, 1.165) is 47.3 Å². The van der Waals surface area contributed by atoms with Gasteiger partial charge in [0, 0.05) is 0 Å². The molecule has 4 fully saturated rings. The molecule has 0 N–H and O–H groups in total. The van der Waals surface area contributed by atoms with Crippen molar-refractivity contribution in [3.63, 3.8) is 0 Å². The van der Waals surface area contributed by atoms with Crippen molar-refractivity contribution in [2.75, 3.05) is 0 Å². The highest BCUT2D eigenvalue weighted by Gasteiger charge is 2.41. The quantitative estimate of drug-likeness (QED) is 0.411. The first-order valence-electron chi connectivity index (χ1n) is 12.9. The van der Waals surface area contributed by atoms with E-state index in [2.05, 4.69) is 19.6 Å². The van der Waals surface area contributed by atoms with Gasteiger partial charge in [0.15, 0.2) is 0 Å². The monoisotopic (exact) mass is 370 g/mol. The van der Waals surface area contributed by atoms with E-state index in [1.54, 1.807) is 70.6 Å². The van der Waals surface area contributed by atoms with Gasteiger partial charge in [-0.3, -0.25) is 0 Å². The van der Waals surface area contributed by atoms with Gasteiger partial charge in [-0.05, 0) is 124 Å². The van der Waals surface area contributed by atoms with E-state index in [1.807, 2.05) is 0 Å². The van der Waals surface area contributed by atoms with Gasteiger partial charge in [0.25, 0.3) is 0 Å². The van der Waals surface area contributed by atoms with E-state index in [4.69, 9.17) is 0 Å². The largest absolute Gasteiger partial charge is 0.103 e. The second-order valence-corrected chi connectivity index (χ2v) is 11.2. The summed E-state index contributed by atoms with van der Waals surface area (Å²) in [5, 5.41) is 0. The lowest BCUT2D eigenvalue weighted by Crippen LogP contribution is -2.37. The average molecular weight is 371 g/mol. The molecule has 0 heterocycles. The molecule has 0 nitrogen and oxygen atoms in total. The van der Waals surface area contributed by atoms with Crippen molar-refractivity contribution in [2.45, 2.75) is 110 Å². The Labute approximate surface area is 170 Å². The number of rotatable bonds is 6. The topological polar surface area (TPSA) is 0 Å². The Hall–Kier alpha value is -0.260. The van der Waals surface area contributed by atoms with Crippen LogP contribution in [0.1, 0.15) is 110 Å². The summed E-state index contributed by atoms with van der Waals surface area (Å²) in [5.41, 5.74) is 0. The van der Waals surface area contributed by atoms with Crippen molar-refractivity contribution in [1.82, 2.24) is 0 Å². The zero-order chi connectivity index (χ0) is 18.6. The highest BCUT2D eigenvalue weighted by Crippen LogP contribution is 2.52. The van der Waals surface area contributed by atoms with Crippen molar-refractivity contribution in [3.05, 3.63) is 12.7 Å². The molecule has 0 spiro atoms. The molecular formula is C27H46. The van der Waals surface area contributed by atoms with Gasteiger partial charge < -0.3 is 0 Å². The molecule has 0 heteroatoms. The molecule has 4 rings (SSSR count). The van der Waals surface area contributed by atoms with Crippen molar-refractivity contribution >= 4 is 0 Å². The number of allylic oxidation sites excluding steroid dienone is 1. The molecule has 0 aromatic rings. The summed E-state index contributed by atoms with van der Waals surface area (Å²) in [6.07, 6.45) is 26.6. The summed E-state index contributed by atoms with van der Waals surface area (Å²) in [6, 6.07) is 0. The van der Waals surface area contributed by atoms with E-state index in [-0.39, 0.29) is 0 Å². The third-order valence-electron chi connectivity index (χ3n) is 9.67. The predicted molar refractivity (Wildman–Crippen MR) is 118 cm³/mol. The molecule has 154 valence electrons. The van der Waals surface area contributed by atoms with Gasteiger partial charge in [0.1, 0.15) is 0 Å². The van der Waals surface area contributed by atoms with Crippen LogP contribution in [0.15, 0.2) is 12.7 Å². The van der Waals surface area contributed by atoms with Gasteiger partial charge in [-0.1, -0.05) is 38.7 Å². The molecule has 4 saturated carbocycles. The van der Waals surface area contributed by atoms with Crippen LogP contribution >= 0.6 is 0 Å². The first-order chi connectivity index (χ1) is 13.3. The SMILES string of the molecule is C=CCCC1CCC2CC(C3CCC4CC(CCC)CCC4C3)CCC2C1. The van der Waals surface area contributed by atoms with E-state index in [0.29, 0.717) is 0 Å². The van der Waals surface area contributed by atoms with Gasteiger partial charge >= 0.3 is 0 Å². The highest BCUT2D eigenvalue weighted by atomic mass is 14.5. The predicted octanol–water partition coefficient (Wildman–Crippen LogP) is 8.42. The van der Waals surface area contributed by atoms with Crippen LogP contribution in [0.25, 0.3) is 0 Å². The molecule has 0 aromatic heterocycles. The molecule has 0 saturated heterocycles. The second-order valence-electron chi connectivity index (χ2n) is 11.2. The first kappa shape index (κ1) is 20.0. The molecule has 27 heavy (non-hydrogen) atoms. The highest BCUT2D eigenvalue weighted by molar-refractivity contribution is 4.92.